The van der Waals surface area contributed by atoms with E-state index in [4.69, 9.17) is 5.73 Å². The second kappa shape index (κ2) is 5.19. The Labute approximate surface area is 131 Å². The number of hydrogen-bond acceptors (Lipinski definition) is 5. The van der Waals surface area contributed by atoms with Crippen molar-refractivity contribution in [3.05, 3.63) is 28.6 Å². The predicted octanol–water partition coefficient (Wildman–Crippen LogP) is 2.68. The van der Waals surface area contributed by atoms with Gasteiger partial charge in [0.05, 0.1) is 4.88 Å². The Balaban J connectivity index is 1.51. The van der Waals surface area contributed by atoms with Crippen LogP contribution in [0.2, 0.25) is 0 Å². The van der Waals surface area contributed by atoms with E-state index in [1.165, 1.54) is 0 Å². The number of fused-ring (bicyclic) bond motifs is 1. The normalized spacial score (nSPS) is 28.0. The largest absolute Gasteiger partial charge is 0.337 e. The van der Waals surface area contributed by atoms with Gasteiger partial charge in [0.1, 0.15) is 10.7 Å². The van der Waals surface area contributed by atoms with Gasteiger partial charge in [-0.3, -0.25) is 4.79 Å². The molecule has 4 rings (SSSR count). The van der Waals surface area contributed by atoms with Crippen LogP contribution in [-0.2, 0) is 0 Å². The maximum atomic E-state index is 12.6. The molecule has 3 atom stereocenters. The molecule has 2 aliphatic rings. The van der Waals surface area contributed by atoms with Crippen LogP contribution in [0.1, 0.15) is 23.3 Å². The molecule has 3 unspecified atom stereocenters. The minimum atomic E-state index is 0.0654. The highest BCUT2D eigenvalue weighted by Gasteiger charge is 2.42. The molecule has 0 radical (unpaired) electrons. The van der Waals surface area contributed by atoms with E-state index >= 15 is 0 Å². The number of nitrogens with zero attached hydrogens (tertiary/aromatic N) is 2. The molecule has 0 bridgehead atoms. The molecular formula is C15H17N3OS2. The van der Waals surface area contributed by atoms with Crippen LogP contribution < -0.4 is 5.73 Å². The van der Waals surface area contributed by atoms with Gasteiger partial charge < -0.3 is 10.6 Å². The number of carbonyl (C=O) groups is 1. The third kappa shape index (κ3) is 2.31. The van der Waals surface area contributed by atoms with E-state index in [9.17, 15) is 4.79 Å². The Morgan fingerprint density at radius 3 is 3.00 bits per heavy atom. The highest BCUT2D eigenvalue weighted by atomic mass is 32.1. The zero-order valence-corrected chi connectivity index (χ0v) is 13.2. The molecule has 1 aliphatic carbocycles. The van der Waals surface area contributed by atoms with E-state index in [-0.39, 0.29) is 11.9 Å². The van der Waals surface area contributed by atoms with Gasteiger partial charge in [0.25, 0.3) is 5.91 Å². The van der Waals surface area contributed by atoms with Gasteiger partial charge in [0.2, 0.25) is 0 Å². The van der Waals surface area contributed by atoms with Crippen molar-refractivity contribution in [1.29, 1.82) is 0 Å². The van der Waals surface area contributed by atoms with Crippen molar-refractivity contribution >= 4 is 28.6 Å². The SMILES string of the molecule is NC1CCC2CN(C(=O)c3csc(-c4cccs4)n3)CC12. The fourth-order valence-corrected chi connectivity index (χ4v) is 5.13. The fourth-order valence-electron chi connectivity index (χ4n) is 3.52. The van der Waals surface area contributed by atoms with Gasteiger partial charge in [0, 0.05) is 24.5 Å². The highest BCUT2D eigenvalue weighted by molar-refractivity contribution is 7.20. The lowest BCUT2D eigenvalue weighted by molar-refractivity contribution is 0.0774. The average Bonchev–Trinajstić information content (AvgIpc) is 3.25. The topological polar surface area (TPSA) is 59.2 Å². The summed E-state index contributed by atoms with van der Waals surface area (Å²) in [6, 6.07) is 4.31. The molecule has 3 heterocycles. The Morgan fingerprint density at radius 1 is 1.33 bits per heavy atom. The van der Waals surface area contributed by atoms with Gasteiger partial charge in [0.15, 0.2) is 0 Å². The summed E-state index contributed by atoms with van der Waals surface area (Å²) in [5, 5.41) is 4.84. The highest BCUT2D eigenvalue weighted by Crippen LogP contribution is 2.38. The number of hydrogen-bond donors (Lipinski definition) is 1. The minimum absolute atomic E-state index is 0.0654. The minimum Gasteiger partial charge on any atom is -0.337 e. The van der Waals surface area contributed by atoms with Gasteiger partial charge in [-0.1, -0.05) is 6.07 Å². The summed E-state index contributed by atoms with van der Waals surface area (Å²) in [6.45, 7) is 1.65. The number of carbonyl (C=O) groups excluding carboxylic acids is 1. The second-order valence-corrected chi connectivity index (χ2v) is 7.70. The summed E-state index contributed by atoms with van der Waals surface area (Å²) in [6.07, 6.45) is 2.27. The Morgan fingerprint density at radius 2 is 2.24 bits per heavy atom. The smallest absolute Gasteiger partial charge is 0.273 e. The molecule has 0 aromatic carbocycles. The monoisotopic (exact) mass is 319 g/mol. The van der Waals surface area contributed by atoms with Crippen LogP contribution in [0.3, 0.4) is 0 Å². The molecule has 21 heavy (non-hydrogen) atoms. The average molecular weight is 319 g/mol. The number of rotatable bonds is 2. The fraction of sp³-hybridized carbons (Fsp3) is 0.467. The van der Waals surface area contributed by atoms with Gasteiger partial charge in [-0.15, -0.1) is 22.7 Å². The van der Waals surface area contributed by atoms with Crippen molar-refractivity contribution in [3.63, 3.8) is 0 Å². The summed E-state index contributed by atoms with van der Waals surface area (Å²) in [4.78, 5) is 20.2. The van der Waals surface area contributed by atoms with Crippen LogP contribution in [0.4, 0.5) is 0 Å². The maximum Gasteiger partial charge on any atom is 0.273 e. The lowest BCUT2D eigenvalue weighted by Gasteiger charge is -2.17. The molecule has 1 amide bonds. The molecule has 1 aliphatic heterocycles. The molecule has 1 saturated heterocycles. The molecular weight excluding hydrogens is 302 g/mol. The van der Waals surface area contributed by atoms with Crippen molar-refractivity contribution in [2.24, 2.45) is 17.6 Å². The number of amides is 1. The Hall–Kier alpha value is -1.24. The summed E-state index contributed by atoms with van der Waals surface area (Å²) in [5.41, 5.74) is 6.72. The zero-order chi connectivity index (χ0) is 14.4. The standard InChI is InChI=1S/C15H17N3OS2/c16-11-4-3-9-6-18(7-10(9)11)15(19)12-8-21-14(17-12)13-2-1-5-20-13/h1-2,5,8-11H,3-4,6-7,16H2. The lowest BCUT2D eigenvalue weighted by Crippen LogP contribution is -2.33. The third-order valence-corrected chi connectivity index (χ3v) is 6.54. The Bertz CT molecular complexity index is 652. The summed E-state index contributed by atoms with van der Waals surface area (Å²) < 4.78 is 0. The van der Waals surface area contributed by atoms with Crippen LogP contribution in [0.15, 0.2) is 22.9 Å². The van der Waals surface area contributed by atoms with E-state index in [1.807, 2.05) is 27.8 Å². The van der Waals surface area contributed by atoms with E-state index in [0.717, 1.165) is 35.8 Å². The number of thiazole rings is 1. The van der Waals surface area contributed by atoms with Crippen molar-refractivity contribution in [2.75, 3.05) is 13.1 Å². The first-order valence-electron chi connectivity index (χ1n) is 7.26. The van der Waals surface area contributed by atoms with Crippen LogP contribution in [-0.4, -0.2) is 34.9 Å². The van der Waals surface area contributed by atoms with Crippen LogP contribution in [0.5, 0.6) is 0 Å². The first kappa shape index (κ1) is 13.4. The molecule has 0 spiro atoms. The van der Waals surface area contributed by atoms with Gasteiger partial charge >= 0.3 is 0 Å². The molecule has 1 saturated carbocycles. The van der Waals surface area contributed by atoms with Crippen molar-refractivity contribution in [3.8, 4) is 9.88 Å². The number of nitrogens with two attached hydrogens (primary N) is 1. The van der Waals surface area contributed by atoms with Gasteiger partial charge in [-0.05, 0) is 36.1 Å². The van der Waals surface area contributed by atoms with Gasteiger partial charge in [-0.25, -0.2) is 4.98 Å². The first-order chi connectivity index (χ1) is 10.2. The zero-order valence-electron chi connectivity index (χ0n) is 11.6. The summed E-state index contributed by atoms with van der Waals surface area (Å²) in [5.74, 6) is 1.15. The Kier molecular flexibility index (Phi) is 3.32. The number of aromatic nitrogens is 1. The molecule has 6 heteroatoms. The molecule has 110 valence electrons. The van der Waals surface area contributed by atoms with Gasteiger partial charge in [-0.2, -0.15) is 0 Å². The van der Waals surface area contributed by atoms with Crippen LogP contribution >= 0.6 is 22.7 Å². The van der Waals surface area contributed by atoms with Crippen molar-refractivity contribution in [2.45, 2.75) is 18.9 Å². The number of thiophene rings is 1. The molecule has 2 aromatic heterocycles. The van der Waals surface area contributed by atoms with Crippen LogP contribution in [0.25, 0.3) is 9.88 Å². The molecule has 2 N–H and O–H groups in total. The summed E-state index contributed by atoms with van der Waals surface area (Å²) in [7, 11) is 0. The molecule has 2 fully saturated rings. The lowest BCUT2D eigenvalue weighted by atomic mass is 9.98. The summed E-state index contributed by atoms with van der Waals surface area (Å²) >= 11 is 3.20. The number of likely N-dealkylation sites (tertiary alicyclic amines) is 1. The van der Waals surface area contributed by atoms with Crippen molar-refractivity contribution < 1.29 is 4.79 Å². The molecule has 4 nitrogen and oxygen atoms in total. The van der Waals surface area contributed by atoms with E-state index in [1.54, 1.807) is 22.7 Å². The van der Waals surface area contributed by atoms with E-state index in [0.29, 0.717) is 17.5 Å². The second-order valence-electron chi connectivity index (χ2n) is 5.89. The first-order valence-corrected chi connectivity index (χ1v) is 9.02. The van der Waals surface area contributed by atoms with Crippen molar-refractivity contribution in [1.82, 2.24) is 9.88 Å². The van der Waals surface area contributed by atoms with E-state index < -0.39 is 0 Å². The van der Waals surface area contributed by atoms with E-state index in [2.05, 4.69) is 4.98 Å². The maximum absolute atomic E-state index is 12.6. The quantitative estimate of drug-likeness (QED) is 0.926. The predicted molar refractivity (Wildman–Crippen MR) is 85.5 cm³/mol. The molecule has 2 aromatic rings. The third-order valence-electron chi connectivity index (χ3n) is 4.65. The van der Waals surface area contributed by atoms with Crippen LogP contribution in [0, 0.1) is 11.8 Å².